The van der Waals surface area contributed by atoms with Gasteiger partial charge in [0.1, 0.15) is 0 Å². The molecule has 0 saturated carbocycles. The Labute approximate surface area is 161 Å². The second kappa shape index (κ2) is 8.59. The number of aromatic nitrogens is 2. The van der Waals surface area contributed by atoms with Crippen LogP contribution in [0, 0.1) is 0 Å². The highest BCUT2D eigenvalue weighted by atomic mass is 32.1. The Morgan fingerprint density at radius 1 is 1.22 bits per heavy atom. The van der Waals surface area contributed by atoms with E-state index in [-0.39, 0.29) is 6.03 Å². The summed E-state index contributed by atoms with van der Waals surface area (Å²) in [5, 5.41) is 9.85. The van der Waals surface area contributed by atoms with Gasteiger partial charge in [0, 0.05) is 35.1 Å². The molecule has 0 saturated heterocycles. The largest absolute Gasteiger partial charge is 0.493 e. The molecule has 2 heterocycles. The number of carbonyl (C=O) groups is 1. The van der Waals surface area contributed by atoms with E-state index in [0.29, 0.717) is 23.7 Å². The summed E-state index contributed by atoms with van der Waals surface area (Å²) >= 11 is 1.70. The third-order valence-corrected chi connectivity index (χ3v) is 5.15. The Balaban J connectivity index is 1.52. The molecule has 0 aliphatic heterocycles. The molecular weight excluding hydrogens is 364 g/mol. The summed E-state index contributed by atoms with van der Waals surface area (Å²) in [6, 6.07) is 9.21. The molecule has 0 spiro atoms. The van der Waals surface area contributed by atoms with Gasteiger partial charge in [0.2, 0.25) is 0 Å². The second-order valence-electron chi connectivity index (χ2n) is 5.84. The monoisotopic (exact) mass is 386 g/mol. The average Bonchev–Trinajstić information content (AvgIpc) is 3.30. The fourth-order valence-electron chi connectivity index (χ4n) is 2.67. The molecule has 2 aromatic heterocycles. The number of para-hydroxylation sites is 1. The van der Waals surface area contributed by atoms with Gasteiger partial charge in [-0.15, -0.1) is 11.3 Å². The maximum Gasteiger partial charge on any atom is 0.319 e. The second-order valence-corrected chi connectivity index (χ2v) is 7.01. The van der Waals surface area contributed by atoms with E-state index in [9.17, 15) is 4.79 Å². The number of aryl methyl sites for hydroxylation is 1. The summed E-state index contributed by atoms with van der Waals surface area (Å²) < 4.78 is 12.3. The molecule has 0 fully saturated rings. The molecule has 0 bridgehead atoms. The van der Waals surface area contributed by atoms with Gasteiger partial charge in [0.25, 0.3) is 0 Å². The van der Waals surface area contributed by atoms with Crippen LogP contribution in [0.2, 0.25) is 0 Å². The predicted molar refractivity (Wildman–Crippen MR) is 107 cm³/mol. The van der Waals surface area contributed by atoms with Crippen molar-refractivity contribution in [1.82, 2.24) is 15.1 Å². The summed E-state index contributed by atoms with van der Waals surface area (Å²) in [7, 11) is 5.00. The zero-order valence-electron chi connectivity index (χ0n) is 15.5. The summed E-state index contributed by atoms with van der Waals surface area (Å²) in [5.74, 6) is 1.06. The summed E-state index contributed by atoms with van der Waals surface area (Å²) in [5.41, 5.74) is 1.66. The van der Waals surface area contributed by atoms with Gasteiger partial charge in [-0.25, -0.2) is 4.79 Å². The Morgan fingerprint density at radius 3 is 2.78 bits per heavy atom. The predicted octanol–water partition coefficient (Wildman–Crippen LogP) is 3.53. The number of hydrogen-bond acceptors (Lipinski definition) is 5. The van der Waals surface area contributed by atoms with E-state index in [2.05, 4.69) is 27.9 Å². The number of benzene rings is 1. The SMILES string of the molecule is COc1cccc(NC(=O)NCCc2ccc(-c3cnn(C)c3)s2)c1OC. The minimum absolute atomic E-state index is 0.286. The van der Waals surface area contributed by atoms with Gasteiger partial charge in [0.15, 0.2) is 11.5 Å². The van der Waals surface area contributed by atoms with Crippen LogP contribution in [0.15, 0.2) is 42.7 Å². The summed E-state index contributed by atoms with van der Waals surface area (Å²) in [6.07, 6.45) is 4.60. The molecule has 142 valence electrons. The van der Waals surface area contributed by atoms with Crippen LogP contribution in [0.5, 0.6) is 11.5 Å². The maximum atomic E-state index is 12.2. The number of nitrogens with one attached hydrogen (secondary N) is 2. The van der Waals surface area contributed by atoms with Crippen molar-refractivity contribution in [3.63, 3.8) is 0 Å². The molecule has 2 amide bonds. The van der Waals surface area contributed by atoms with Crippen LogP contribution >= 0.6 is 11.3 Å². The minimum Gasteiger partial charge on any atom is -0.493 e. The standard InChI is InChI=1S/C19H22N4O3S/c1-23-12-13(11-21-23)17-8-7-14(27-17)9-10-20-19(24)22-15-5-4-6-16(25-2)18(15)26-3/h4-8,11-12H,9-10H2,1-3H3,(H2,20,22,24). The van der Waals surface area contributed by atoms with Crippen molar-refractivity contribution in [1.29, 1.82) is 0 Å². The molecule has 2 N–H and O–H groups in total. The lowest BCUT2D eigenvalue weighted by molar-refractivity contribution is 0.252. The van der Waals surface area contributed by atoms with Crippen molar-refractivity contribution in [2.24, 2.45) is 7.05 Å². The van der Waals surface area contributed by atoms with E-state index < -0.39 is 0 Å². The Hall–Kier alpha value is -3.00. The van der Waals surface area contributed by atoms with E-state index in [1.807, 2.05) is 19.4 Å². The van der Waals surface area contributed by atoms with Gasteiger partial charge < -0.3 is 20.1 Å². The average molecular weight is 386 g/mol. The molecule has 3 rings (SSSR count). The lowest BCUT2D eigenvalue weighted by Crippen LogP contribution is -2.30. The number of methoxy groups -OCH3 is 2. The highest BCUT2D eigenvalue weighted by Crippen LogP contribution is 2.34. The number of anilines is 1. The fourth-order valence-corrected chi connectivity index (χ4v) is 3.65. The third-order valence-electron chi connectivity index (χ3n) is 3.96. The number of carbonyl (C=O) groups excluding carboxylic acids is 1. The number of thiophene rings is 1. The molecule has 8 heteroatoms. The minimum atomic E-state index is -0.286. The van der Waals surface area contributed by atoms with Gasteiger partial charge >= 0.3 is 6.03 Å². The molecule has 0 unspecified atom stereocenters. The lowest BCUT2D eigenvalue weighted by Gasteiger charge is -2.13. The molecule has 3 aromatic rings. The van der Waals surface area contributed by atoms with Gasteiger partial charge in [-0.05, 0) is 30.7 Å². The topological polar surface area (TPSA) is 77.4 Å². The molecule has 0 aliphatic rings. The van der Waals surface area contributed by atoms with Crippen LogP contribution in [0.3, 0.4) is 0 Å². The molecule has 0 aliphatic carbocycles. The Morgan fingerprint density at radius 2 is 2.07 bits per heavy atom. The zero-order valence-corrected chi connectivity index (χ0v) is 16.3. The first-order valence-corrected chi connectivity index (χ1v) is 9.26. The number of ether oxygens (including phenoxy) is 2. The van der Waals surface area contributed by atoms with Crippen molar-refractivity contribution in [3.05, 3.63) is 47.6 Å². The molecule has 27 heavy (non-hydrogen) atoms. The highest BCUT2D eigenvalue weighted by Gasteiger charge is 2.12. The van der Waals surface area contributed by atoms with Crippen molar-refractivity contribution < 1.29 is 14.3 Å². The summed E-state index contributed by atoms with van der Waals surface area (Å²) in [6.45, 7) is 0.533. The van der Waals surface area contributed by atoms with E-state index >= 15 is 0 Å². The van der Waals surface area contributed by atoms with Crippen molar-refractivity contribution in [2.45, 2.75) is 6.42 Å². The van der Waals surface area contributed by atoms with Gasteiger partial charge in [-0.2, -0.15) is 5.10 Å². The first kappa shape index (κ1) is 18.8. The van der Waals surface area contributed by atoms with Crippen molar-refractivity contribution in [3.8, 4) is 21.9 Å². The van der Waals surface area contributed by atoms with E-state index in [4.69, 9.17) is 9.47 Å². The number of amides is 2. The highest BCUT2D eigenvalue weighted by molar-refractivity contribution is 7.15. The molecule has 1 aromatic carbocycles. The van der Waals surface area contributed by atoms with E-state index in [0.717, 1.165) is 12.0 Å². The quantitative estimate of drug-likeness (QED) is 0.651. The smallest absolute Gasteiger partial charge is 0.319 e. The van der Waals surface area contributed by atoms with E-state index in [1.54, 1.807) is 41.3 Å². The first-order chi connectivity index (χ1) is 13.1. The Bertz CT molecular complexity index is 919. The van der Waals surface area contributed by atoms with Gasteiger partial charge in [-0.3, -0.25) is 4.68 Å². The van der Waals surface area contributed by atoms with Gasteiger partial charge in [0.05, 0.1) is 26.1 Å². The maximum absolute atomic E-state index is 12.2. The van der Waals surface area contributed by atoms with Crippen LogP contribution < -0.4 is 20.1 Å². The molecular formula is C19H22N4O3S. The van der Waals surface area contributed by atoms with Crippen LogP contribution in [0.4, 0.5) is 10.5 Å². The Kier molecular flexibility index (Phi) is 5.97. The number of urea groups is 1. The summed E-state index contributed by atoms with van der Waals surface area (Å²) in [4.78, 5) is 14.5. The first-order valence-electron chi connectivity index (χ1n) is 8.44. The van der Waals surface area contributed by atoms with E-state index in [1.165, 1.54) is 16.9 Å². The van der Waals surface area contributed by atoms with Gasteiger partial charge in [-0.1, -0.05) is 6.07 Å². The molecule has 0 radical (unpaired) electrons. The molecule has 7 nitrogen and oxygen atoms in total. The fraction of sp³-hybridized carbons (Fsp3) is 0.263. The number of nitrogens with zero attached hydrogens (tertiary/aromatic N) is 2. The van der Waals surface area contributed by atoms with Crippen LogP contribution in [0.1, 0.15) is 4.88 Å². The van der Waals surface area contributed by atoms with Crippen LogP contribution in [0.25, 0.3) is 10.4 Å². The number of rotatable bonds is 7. The zero-order chi connectivity index (χ0) is 19.2. The van der Waals surface area contributed by atoms with Crippen molar-refractivity contribution >= 4 is 23.1 Å². The van der Waals surface area contributed by atoms with Crippen LogP contribution in [-0.4, -0.2) is 36.6 Å². The normalized spacial score (nSPS) is 10.5. The lowest BCUT2D eigenvalue weighted by atomic mass is 10.2. The van der Waals surface area contributed by atoms with Crippen molar-refractivity contribution in [2.75, 3.05) is 26.1 Å². The van der Waals surface area contributed by atoms with Crippen LogP contribution in [-0.2, 0) is 13.5 Å². The number of hydrogen-bond donors (Lipinski definition) is 2. The third kappa shape index (κ3) is 4.59. The molecule has 0 atom stereocenters.